The fourth-order valence-electron chi connectivity index (χ4n) is 2.18. The summed E-state index contributed by atoms with van der Waals surface area (Å²) in [4.78, 5) is 15.9. The van der Waals surface area contributed by atoms with Gasteiger partial charge in [-0.25, -0.2) is 0 Å². The van der Waals surface area contributed by atoms with Crippen LogP contribution in [0.15, 0.2) is 35.2 Å². The Balaban J connectivity index is 1.50. The predicted molar refractivity (Wildman–Crippen MR) is 68.6 cm³/mol. The van der Waals surface area contributed by atoms with Crippen molar-refractivity contribution in [2.24, 2.45) is 0 Å². The molecule has 0 saturated carbocycles. The van der Waals surface area contributed by atoms with Gasteiger partial charge in [0.25, 0.3) is 0 Å². The van der Waals surface area contributed by atoms with Gasteiger partial charge in [-0.15, -0.1) is 0 Å². The summed E-state index contributed by atoms with van der Waals surface area (Å²) in [6.45, 7) is 0.507. The van der Waals surface area contributed by atoms with E-state index in [1.54, 1.807) is 0 Å². The number of fused-ring (bicyclic) bond motifs is 1. The summed E-state index contributed by atoms with van der Waals surface area (Å²) in [6.07, 6.45) is 2.58. The molecular weight excluding hydrogens is 244 g/mol. The fourth-order valence-corrected chi connectivity index (χ4v) is 2.18. The average Bonchev–Trinajstić information content (AvgIpc) is 3.07. The summed E-state index contributed by atoms with van der Waals surface area (Å²) in [7, 11) is 0. The number of hydrogen-bond donors (Lipinski definition) is 2. The molecule has 1 aliphatic heterocycles. The smallest absolute Gasteiger partial charge is 0.242 e. The number of amides is 1. The summed E-state index contributed by atoms with van der Waals surface area (Å²) in [6, 6.07) is 7.78. The molecule has 2 heterocycles. The molecule has 1 aromatic carbocycles. The third-order valence-corrected chi connectivity index (χ3v) is 3.14. The molecule has 0 radical (unpaired) electrons. The summed E-state index contributed by atoms with van der Waals surface area (Å²) >= 11 is 0. The highest BCUT2D eigenvalue weighted by atomic mass is 16.5. The fraction of sp³-hybridized carbons (Fsp3) is 0.308. The Morgan fingerprint density at radius 3 is 3.16 bits per heavy atom. The molecule has 0 spiro atoms. The lowest BCUT2D eigenvalue weighted by atomic mass is 10.1. The highest BCUT2D eigenvalue weighted by Crippen LogP contribution is 2.24. The van der Waals surface area contributed by atoms with Crippen LogP contribution in [0.25, 0.3) is 0 Å². The lowest BCUT2D eigenvalue weighted by Gasteiger charge is -2.11. The molecule has 0 unspecified atom stereocenters. The van der Waals surface area contributed by atoms with Crippen LogP contribution in [0.2, 0.25) is 0 Å². The lowest BCUT2D eigenvalue weighted by molar-refractivity contribution is -0.121. The molecule has 19 heavy (non-hydrogen) atoms. The van der Waals surface area contributed by atoms with Crippen LogP contribution in [0, 0.1) is 0 Å². The minimum Gasteiger partial charge on any atom is -0.373 e. The molecule has 1 aliphatic rings. The Morgan fingerprint density at radius 2 is 2.37 bits per heavy atom. The molecule has 1 atom stereocenters. The maximum Gasteiger partial charge on any atom is 0.242 e. The van der Waals surface area contributed by atoms with Gasteiger partial charge in [0.15, 0.2) is 5.82 Å². The second-order valence-electron chi connectivity index (χ2n) is 4.45. The molecular formula is C13H14N4O2. The van der Waals surface area contributed by atoms with Crippen LogP contribution in [-0.2, 0) is 17.6 Å². The molecule has 1 amide bonds. The standard InChI is InChI=1S/C13H14N4O2/c18-13(14-6-5-12-15-8-19-17-12)11-7-9-3-1-2-4-10(9)16-11/h1-4,8,11,16H,5-7H2,(H,14,18)/t11-/m0/s1. The number of carbonyl (C=O) groups excluding carboxylic acids is 1. The third-order valence-electron chi connectivity index (χ3n) is 3.14. The Hall–Kier alpha value is -2.37. The summed E-state index contributed by atoms with van der Waals surface area (Å²) in [5.41, 5.74) is 2.22. The van der Waals surface area contributed by atoms with E-state index in [-0.39, 0.29) is 11.9 Å². The van der Waals surface area contributed by atoms with Gasteiger partial charge in [-0.2, -0.15) is 4.98 Å². The van der Waals surface area contributed by atoms with Crippen LogP contribution in [0.1, 0.15) is 11.4 Å². The number of nitrogens with zero attached hydrogens (tertiary/aromatic N) is 2. The number of rotatable bonds is 4. The van der Waals surface area contributed by atoms with Crippen molar-refractivity contribution in [1.82, 2.24) is 15.5 Å². The Kier molecular flexibility index (Phi) is 3.14. The lowest BCUT2D eigenvalue weighted by Crippen LogP contribution is -2.39. The number of nitrogens with one attached hydrogen (secondary N) is 2. The van der Waals surface area contributed by atoms with E-state index in [0.29, 0.717) is 18.8 Å². The van der Waals surface area contributed by atoms with E-state index < -0.39 is 0 Å². The number of hydrogen-bond acceptors (Lipinski definition) is 5. The van der Waals surface area contributed by atoms with Gasteiger partial charge in [0.05, 0.1) is 0 Å². The first-order valence-electron chi connectivity index (χ1n) is 6.20. The van der Waals surface area contributed by atoms with Crippen LogP contribution in [0.4, 0.5) is 5.69 Å². The number of aromatic nitrogens is 2. The van der Waals surface area contributed by atoms with E-state index >= 15 is 0 Å². The van der Waals surface area contributed by atoms with Crippen LogP contribution < -0.4 is 10.6 Å². The molecule has 0 aliphatic carbocycles. The molecule has 0 saturated heterocycles. The molecule has 2 N–H and O–H groups in total. The van der Waals surface area contributed by atoms with Gasteiger partial charge < -0.3 is 15.2 Å². The van der Waals surface area contributed by atoms with Gasteiger partial charge in [0.2, 0.25) is 12.3 Å². The van der Waals surface area contributed by atoms with Crippen molar-refractivity contribution in [2.75, 3.05) is 11.9 Å². The first-order valence-corrected chi connectivity index (χ1v) is 6.20. The maximum absolute atomic E-state index is 12.0. The van der Waals surface area contributed by atoms with Gasteiger partial charge >= 0.3 is 0 Å². The number of anilines is 1. The monoisotopic (exact) mass is 258 g/mol. The molecule has 0 bridgehead atoms. The zero-order chi connectivity index (χ0) is 13.1. The van der Waals surface area contributed by atoms with Crippen LogP contribution in [0.3, 0.4) is 0 Å². The topological polar surface area (TPSA) is 80.1 Å². The summed E-state index contributed by atoms with van der Waals surface area (Å²) in [5.74, 6) is 0.600. The van der Waals surface area contributed by atoms with Crippen molar-refractivity contribution < 1.29 is 9.32 Å². The highest BCUT2D eigenvalue weighted by molar-refractivity contribution is 5.87. The van der Waals surface area contributed by atoms with E-state index in [1.165, 1.54) is 12.0 Å². The zero-order valence-corrected chi connectivity index (χ0v) is 10.3. The Bertz CT molecular complexity index is 543. The van der Waals surface area contributed by atoms with E-state index in [4.69, 9.17) is 0 Å². The average molecular weight is 258 g/mol. The van der Waals surface area contributed by atoms with E-state index in [1.807, 2.05) is 24.3 Å². The molecule has 1 aromatic heterocycles. The van der Waals surface area contributed by atoms with E-state index in [9.17, 15) is 4.79 Å². The van der Waals surface area contributed by atoms with Crippen LogP contribution in [-0.4, -0.2) is 28.6 Å². The van der Waals surface area contributed by atoms with Gasteiger partial charge in [-0.3, -0.25) is 4.79 Å². The number of carbonyl (C=O) groups is 1. The van der Waals surface area contributed by atoms with Gasteiger partial charge in [-0.05, 0) is 11.6 Å². The summed E-state index contributed by atoms with van der Waals surface area (Å²) < 4.78 is 4.63. The van der Waals surface area contributed by atoms with Crippen molar-refractivity contribution >= 4 is 11.6 Å². The molecule has 3 rings (SSSR count). The first kappa shape index (κ1) is 11.7. The second kappa shape index (κ2) is 5.09. The number of benzene rings is 1. The molecule has 2 aromatic rings. The largest absolute Gasteiger partial charge is 0.373 e. The molecule has 0 fully saturated rings. The van der Waals surface area contributed by atoms with Crippen molar-refractivity contribution in [3.63, 3.8) is 0 Å². The van der Waals surface area contributed by atoms with Crippen molar-refractivity contribution in [2.45, 2.75) is 18.9 Å². The van der Waals surface area contributed by atoms with Crippen molar-refractivity contribution in [1.29, 1.82) is 0 Å². The van der Waals surface area contributed by atoms with E-state index in [0.717, 1.165) is 12.1 Å². The SMILES string of the molecule is O=C(NCCc1ncon1)[C@@H]1Cc2ccccc2N1. The highest BCUT2D eigenvalue weighted by Gasteiger charge is 2.25. The van der Waals surface area contributed by atoms with Gasteiger partial charge in [0.1, 0.15) is 6.04 Å². The normalized spacial score (nSPS) is 16.7. The third kappa shape index (κ3) is 2.57. The Labute approximate surface area is 110 Å². The van der Waals surface area contributed by atoms with Gasteiger partial charge in [0, 0.05) is 25.1 Å². The quantitative estimate of drug-likeness (QED) is 0.846. The van der Waals surface area contributed by atoms with Crippen LogP contribution in [0.5, 0.6) is 0 Å². The predicted octanol–water partition coefficient (Wildman–Crippen LogP) is 0.765. The Morgan fingerprint density at radius 1 is 1.47 bits per heavy atom. The molecule has 98 valence electrons. The molecule has 6 heteroatoms. The molecule has 6 nitrogen and oxygen atoms in total. The second-order valence-corrected chi connectivity index (χ2v) is 4.45. The van der Waals surface area contributed by atoms with Crippen LogP contribution >= 0.6 is 0 Å². The first-order chi connectivity index (χ1) is 9.33. The summed E-state index contributed by atoms with van der Waals surface area (Å²) in [5, 5.41) is 9.78. The minimum absolute atomic E-state index is 0.000283. The number of para-hydroxylation sites is 1. The van der Waals surface area contributed by atoms with Crippen molar-refractivity contribution in [3.8, 4) is 0 Å². The maximum atomic E-state index is 12.0. The minimum atomic E-state index is -0.192. The van der Waals surface area contributed by atoms with Gasteiger partial charge in [-0.1, -0.05) is 23.4 Å². The zero-order valence-electron chi connectivity index (χ0n) is 10.3. The van der Waals surface area contributed by atoms with Crippen molar-refractivity contribution in [3.05, 3.63) is 42.0 Å². The van der Waals surface area contributed by atoms with E-state index in [2.05, 4.69) is 25.3 Å².